The van der Waals surface area contributed by atoms with Crippen molar-refractivity contribution in [2.75, 3.05) is 0 Å². The van der Waals surface area contributed by atoms with Gasteiger partial charge in [0.15, 0.2) is 0 Å². The SMILES string of the molecule is CC(C)(C)OC(=O)NC1CCCC1NCc1ccc(F)c(C#N)c1. The van der Waals surface area contributed by atoms with Crippen LogP contribution >= 0.6 is 0 Å². The van der Waals surface area contributed by atoms with Crippen LogP contribution < -0.4 is 10.6 Å². The number of nitrogens with zero attached hydrogens (tertiary/aromatic N) is 1. The fourth-order valence-corrected chi connectivity index (χ4v) is 2.85. The zero-order chi connectivity index (χ0) is 17.7. The van der Waals surface area contributed by atoms with E-state index in [0.29, 0.717) is 6.54 Å². The van der Waals surface area contributed by atoms with Crippen LogP contribution in [0.4, 0.5) is 9.18 Å². The molecule has 0 bridgehead atoms. The van der Waals surface area contributed by atoms with E-state index >= 15 is 0 Å². The standard InChI is InChI=1S/C18H24FN3O2/c1-18(2,3)24-17(23)22-16-6-4-5-15(16)21-11-12-7-8-14(19)13(9-12)10-20/h7-9,15-16,21H,4-6,11H2,1-3H3,(H,22,23). The number of ether oxygens (including phenoxy) is 1. The lowest BCUT2D eigenvalue weighted by Gasteiger charge is -2.25. The molecule has 1 aliphatic rings. The number of amides is 1. The minimum Gasteiger partial charge on any atom is -0.444 e. The van der Waals surface area contributed by atoms with Gasteiger partial charge in [0.1, 0.15) is 17.5 Å². The molecule has 0 aromatic heterocycles. The second-order valence-corrected chi connectivity index (χ2v) is 7.10. The minimum atomic E-state index is -0.520. The minimum absolute atomic E-state index is 0.00994. The fourth-order valence-electron chi connectivity index (χ4n) is 2.85. The molecule has 1 amide bonds. The summed E-state index contributed by atoms with van der Waals surface area (Å²) < 4.78 is 18.6. The Balaban J connectivity index is 1.90. The van der Waals surface area contributed by atoms with Gasteiger partial charge in [0.05, 0.1) is 5.56 Å². The summed E-state index contributed by atoms with van der Waals surface area (Å²) in [4.78, 5) is 11.9. The van der Waals surface area contributed by atoms with Crippen molar-refractivity contribution in [3.63, 3.8) is 0 Å². The predicted octanol–water partition coefficient (Wildman–Crippen LogP) is 3.23. The van der Waals surface area contributed by atoms with Crippen LogP contribution in [-0.4, -0.2) is 23.8 Å². The number of nitriles is 1. The third-order valence-corrected chi connectivity index (χ3v) is 3.94. The molecular formula is C18H24FN3O2. The van der Waals surface area contributed by atoms with Gasteiger partial charge >= 0.3 is 6.09 Å². The quantitative estimate of drug-likeness (QED) is 0.887. The van der Waals surface area contributed by atoms with Gasteiger partial charge in [0.25, 0.3) is 0 Å². The monoisotopic (exact) mass is 333 g/mol. The van der Waals surface area contributed by atoms with Gasteiger partial charge in [-0.1, -0.05) is 6.07 Å². The van der Waals surface area contributed by atoms with Crippen LogP contribution in [0.3, 0.4) is 0 Å². The van der Waals surface area contributed by atoms with E-state index in [0.717, 1.165) is 24.8 Å². The van der Waals surface area contributed by atoms with E-state index in [4.69, 9.17) is 10.00 Å². The summed E-state index contributed by atoms with van der Waals surface area (Å²) >= 11 is 0. The zero-order valence-electron chi connectivity index (χ0n) is 14.4. The largest absolute Gasteiger partial charge is 0.444 e. The number of carbonyl (C=O) groups excluding carboxylic acids is 1. The van der Waals surface area contributed by atoms with Gasteiger partial charge in [0, 0.05) is 18.6 Å². The van der Waals surface area contributed by atoms with Crippen LogP contribution in [0, 0.1) is 17.1 Å². The van der Waals surface area contributed by atoms with Crippen LogP contribution in [0.15, 0.2) is 18.2 Å². The van der Waals surface area contributed by atoms with Gasteiger partial charge in [-0.05, 0) is 57.7 Å². The Bertz CT molecular complexity index is 634. The van der Waals surface area contributed by atoms with Gasteiger partial charge in [0.2, 0.25) is 0 Å². The van der Waals surface area contributed by atoms with Crippen molar-refractivity contribution in [3.05, 3.63) is 35.1 Å². The second kappa shape index (κ2) is 7.63. The van der Waals surface area contributed by atoms with Crippen LogP contribution in [0.5, 0.6) is 0 Å². The summed E-state index contributed by atoms with van der Waals surface area (Å²) in [5, 5.41) is 15.2. The number of benzene rings is 1. The van der Waals surface area contributed by atoms with Crippen molar-refractivity contribution in [3.8, 4) is 6.07 Å². The Hall–Kier alpha value is -2.13. The maximum atomic E-state index is 13.3. The molecule has 24 heavy (non-hydrogen) atoms. The highest BCUT2D eigenvalue weighted by Crippen LogP contribution is 2.20. The fraction of sp³-hybridized carbons (Fsp3) is 0.556. The average Bonchev–Trinajstić information content (AvgIpc) is 2.91. The number of carbonyl (C=O) groups is 1. The molecule has 130 valence electrons. The van der Waals surface area contributed by atoms with E-state index in [9.17, 15) is 9.18 Å². The molecule has 0 spiro atoms. The van der Waals surface area contributed by atoms with Crippen LogP contribution in [0.2, 0.25) is 0 Å². The summed E-state index contributed by atoms with van der Waals surface area (Å²) in [5.74, 6) is -0.508. The number of hydrogen-bond acceptors (Lipinski definition) is 4. The maximum Gasteiger partial charge on any atom is 0.407 e. The number of nitrogens with one attached hydrogen (secondary N) is 2. The summed E-state index contributed by atoms with van der Waals surface area (Å²) in [7, 11) is 0. The predicted molar refractivity (Wildman–Crippen MR) is 88.8 cm³/mol. The van der Waals surface area contributed by atoms with Crippen molar-refractivity contribution < 1.29 is 13.9 Å². The lowest BCUT2D eigenvalue weighted by molar-refractivity contribution is 0.0498. The lowest BCUT2D eigenvalue weighted by atomic mass is 10.1. The molecule has 2 N–H and O–H groups in total. The molecular weight excluding hydrogens is 309 g/mol. The third kappa shape index (κ3) is 5.20. The lowest BCUT2D eigenvalue weighted by Crippen LogP contribution is -2.47. The molecule has 2 atom stereocenters. The maximum absolute atomic E-state index is 13.3. The molecule has 0 radical (unpaired) electrons. The molecule has 0 aliphatic heterocycles. The number of rotatable bonds is 4. The number of alkyl carbamates (subject to hydrolysis) is 1. The van der Waals surface area contributed by atoms with Gasteiger partial charge in [-0.2, -0.15) is 5.26 Å². The first-order chi connectivity index (χ1) is 11.3. The Kier molecular flexibility index (Phi) is 5.79. The van der Waals surface area contributed by atoms with Gasteiger partial charge in [-0.25, -0.2) is 9.18 Å². The first-order valence-corrected chi connectivity index (χ1v) is 8.20. The molecule has 1 aromatic carbocycles. The summed E-state index contributed by atoms with van der Waals surface area (Å²) in [5.41, 5.74) is 0.368. The third-order valence-electron chi connectivity index (χ3n) is 3.94. The van der Waals surface area contributed by atoms with E-state index in [1.807, 2.05) is 26.8 Å². The molecule has 0 heterocycles. The highest BCUT2D eigenvalue weighted by atomic mass is 19.1. The van der Waals surface area contributed by atoms with E-state index < -0.39 is 17.5 Å². The molecule has 0 saturated heterocycles. The van der Waals surface area contributed by atoms with Crippen molar-refractivity contribution in [1.82, 2.24) is 10.6 Å². The van der Waals surface area contributed by atoms with Gasteiger partial charge < -0.3 is 15.4 Å². The summed E-state index contributed by atoms with van der Waals surface area (Å²) in [6, 6.07) is 6.50. The summed E-state index contributed by atoms with van der Waals surface area (Å²) in [6.45, 7) is 6.01. The highest BCUT2D eigenvalue weighted by Gasteiger charge is 2.29. The Labute approximate surface area is 142 Å². The Morgan fingerprint density at radius 1 is 1.38 bits per heavy atom. The van der Waals surface area contributed by atoms with E-state index in [1.165, 1.54) is 6.07 Å². The van der Waals surface area contributed by atoms with Crippen molar-refractivity contribution in [2.24, 2.45) is 0 Å². The van der Waals surface area contributed by atoms with Gasteiger partial charge in [-0.15, -0.1) is 0 Å². The van der Waals surface area contributed by atoms with E-state index in [2.05, 4.69) is 10.6 Å². The normalized spacial score (nSPS) is 20.5. The van der Waals surface area contributed by atoms with Crippen LogP contribution in [0.25, 0.3) is 0 Å². The molecule has 1 fully saturated rings. The molecule has 2 rings (SSSR count). The van der Waals surface area contributed by atoms with Crippen molar-refractivity contribution in [1.29, 1.82) is 5.26 Å². The van der Waals surface area contributed by atoms with Crippen molar-refractivity contribution in [2.45, 2.75) is 64.3 Å². The molecule has 1 aromatic rings. The molecule has 2 unspecified atom stereocenters. The van der Waals surface area contributed by atoms with E-state index in [1.54, 1.807) is 12.1 Å². The smallest absolute Gasteiger partial charge is 0.407 e. The number of hydrogen-bond donors (Lipinski definition) is 2. The van der Waals surface area contributed by atoms with E-state index in [-0.39, 0.29) is 17.6 Å². The van der Waals surface area contributed by atoms with Crippen molar-refractivity contribution >= 4 is 6.09 Å². The highest BCUT2D eigenvalue weighted by molar-refractivity contribution is 5.68. The Morgan fingerprint density at radius 2 is 2.08 bits per heavy atom. The first-order valence-electron chi connectivity index (χ1n) is 8.20. The molecule has 1 aliphatic carbocycles. The zero-order valence-corrected chi connectivity index (χ0v) is 14.4. The van der Waals surface area contributed by atoms with Gasteiger partial charge in [-0.3, -0.25) is 0 Å². The first kappa shape index (κ1) is 18.2. The second-order valence-electron chi connectivity index (χ2n) is 7.10. The Morgan fingerprint density at radius 3 is 2.75 bits per heavy atom. The molecule has 1 saturated carbocycles. The van der Waals surface area contributed by atoms with Crippen LogP contribution in [0.1, 0.15) is 51.2 Å². The van der Waals surface area contributed by atoms with Crippen LogP contribution in [-0.2, 0) is 11.3 Å². The number of halogens is 1. The molecule has 5 nitrogen and oxygen atoms in total. The average molecular weight is 333 g/mol. The molecule has 6 heteroatoms. The topological polar surface area (TPSA) is 74.2 Å². The summed E-state index contributed by atoms with van der Waals surface area (Å²) in [6.07, 6.45) is 2.45.